The van der Waals surface area contributed by atoms with Gasteiger partial charge in [-0.3, -0.25) is 9.59 Å². The van der Waals surface area contributed by atoms with Crippen molar-refractivity contribution in [3.8, 4) is 5.75 Å². The van der Waals surface area contributed by atoms with E-state index in [-0.39, 0.29) is 24.8 Å². The highest BCUT2D eigenvalue weighted by atomic mass is 79.9. The number of nitrogens with one attached hydrogen (secondary N) is 1. The van der Waals surface area contributed by atoms with Gasteiger partial charge in [-0.1, -0.05) is 0 Å². The molecular weight excluding hydrogens is 302 g/mol. The van der Waals surface area contributed by atoms with E-state index in [1.165, 1.54) is 7.11 Å². The van der Waals surface area contributed by atoms with E-state index in [2.05, 4.69) is 26.0 Å². The first-order chi connectivity index (χ1) is 8.58. The van der Waals surface area contributed by atoms with Gasteiger partial charge in [0.15, 0.2) is 0 Å². The largest absolute Gasteiger partial charge is 0.496 e. The maximum absolute atomic E-state index is 11.7. The fraction of sp³-hybridized carbons (Fsp3) is 0.333. The number of amides is 1. The van der Waals surface area contributed by atoms with Crippen LogP contribution in [0.3, 0.4) is 0 Å². The Morgan fingerprint density at radius 3 is 2.61 bits per heavy atom. The molecule has 0 aliphatic carbocycles. The minimum absolute atomic E-state index is 0.152. The Morgan fingerprint density at radius 1 is 1.33 bits per heavy atom. The average molecular weight is 316 g/mol. The molecule has 0 saturated carbocycles. The van der Waals surface area contributed by atoms with Crippen molar-refractivity contribution >= 4 is 27.8 Å². The molecule has 6 heteroatoms. The molecule has 98 valence electrons. The van der Waals surface area contributed by atoms with Gasteiger partial charge in [-0.05, 0) is 34.1 Å². The van der Waals surface area contributed by atoms with Crippen LogP contribution in [0.2, 0.25) is 0 Å². The topological polar surface area (TPSA) is 64.6 Å². The van der Waals surface area contributed by atoms with E-state index in [4.69, 9.17) is 4.74 Å². The molecule has 0 saturated heterocycles. The molecule has 1 rings (SSSR count). The van der Waals surface area contributed by atoms with Gasteiger partial charge >= 0.3 is 5.97 Å². The van der Waals surface area contributed by atoms with Gasteiger partial charge in [0.25, 0.3) is 5.91 Å². The lowest BCUT2D eigenvalue weighted by molar-refractivity contribution is -0.140. The van der Waals surface area contributed by atoms with Gasteiger partial charge < -0.3 is 14.8 Å². The summed E-state index contributed by atoms with van der Waals surface area (Å²) >= 11 is 3.30. The van der Waals surface area contributed by atoms with Gasteiger partial charge in [-0.2, -0.15) is 0 Å². The van der Waals surface area contributed by atoms with Crippen molar-refractivity contribution < 1.29 is 19.1 Å². The van der Waals surface area contributed by atoms with Gasteiger partial charge in [0.1, 0.15) is 5.75 Å². The molecule has 18 heavy (non-hydrogen) atoms. The van der Waals surface area contributed by atoms with Crippen LogP contribution in [0, 0.1) is 0 Å². The van der Waals surface area contributed by atoms with Crippen LogP contribution in [0.15, 0.2) is 22.7 Å². The second-order valence-electron chi connectivity index (χ2n) is 3.43. The van der Waals surface area contributed by atoms with E-state index in [9.17, 15) is 9.59 Å². The van der Waals surface area contributed by atoms with Crippen LogP contribution in [-0.4, -0.2) is 32.6 Å². The van der Waals surface area contributed by atoms with E-state index >= 15 is 0 Å². The number of halogens is 1. The van der Waals surface area contributed by atoms with Crippen molar-refractivity contribution in [2.75, 3.05) is 20.8 Å². The SMILES string of the molecule is COC(=O)CCNC(=O)c1ccc(OC)c(Br)c1. The van der Waals surface area contributed by atoms with Crippen molar-refractivity contribution in [3.63, 3.8) is 0 Å². The third-order valence-electron chi connectivity index (χ3n) is 2.26. The summed E-state index contributed by atoms with van der Waals surface area (Å²) in [5.74, 6) is 0.0505. The Labute approximate surface area is 114 Å². The number of ether oxygens (including phenoxy) is 2. The highest BCUT2D eigenvalue weighted by molar-refractivity contribution is 9.10. The summed E-state index contributed by atoms with van der Waals surface area (Å²) in [5, 5.41) is 2.63. The van der Waals surface area contributed by atoms with E-state index in [0.29, 0.717) is 15.8 Å². The number of esters is 1. The van der Waals surface area contributed by atoms with E-state index < -0.39 is 0 Å². The minimum atomic E-state index is -0.355. The highest BCUT2D eigenvalue weighted by Gasteiger charge is 2.09. The summed E-state index contributed by atoms with van der Waals surface area (Å²) in [5.41, 5.74) is 0.493. The Bertz CT molecular complexity index is 448. The summed E-state index contributed by atoms with van der Waals surface area (Å²) in [6, 6.07) is 5.00. The number of methoxy groups -OCH3 is 2. The Kier molecular flexibility index (Phi) is 5.64. The second kappa shape index (κ2) is 7.00. The molecule has 5 nitrogen and oxygen atoms in total. The normalized spacial score (nSPS) is 9.72. The zero-order valence-corrected chi connectivity index (χ0v) is 11.7. The first-order valence-corrected chi connectivity index (χ1v) is 6.06. The lowest BCUT2D eigenvalue weighted by Gasteiger charge is -2.07. The van der Waals surface area contributed by atoms with Gasteiger partial charge in [-0.15, -0.1) is 0 Å². The monoisotopic (exact) mass is 315 g/mol. The number of rotatable bonds is 5. The third-order valence-corrected chi connectivity index (χ3v) is 2.88. The molecule has 0 aliphatic rings. The van der Waals surface area contributed by atoms with E-state index in [1.807, 2.05) is 0 Å². The van der Waals surface area contributed by atoms with Crippen molar-refractivity contribution in [1.82, 2.24) is 5.32 Å². The van der Waals surface area contributed by atoms with Crippen molar-refractivity contribution in [2.45, 2.75) is 6.42 Å². The molecule has 0 heterocycles. The highest BCUT2D eigenvalue weighted by Crippen LogP contribution is 2.25. The predicted molar refractivity (Wildman–Crippen MR) is 69.7 cm³/mol. The maximum atomic E-state index is 11.7. The quantitative estimate of drug-likeness (QED) is 0.841. The van der Waals surface area contributed by atoms with Crippen LogP contribution in [-0.2, 0) is 9.53 Å². The third kappa shape index (κ3) is 4.03. The molecule has 0 radical (unpaired) electrons. The molecule has 1 aromatic carbocycles. The van der Waals surface area contributed by atoms with E-state index in [0.717, 1.165) is 0 Å². The van der Waals surface area contributed by atoms with Gasteiger partial charge in [-0.25, -0.2) is 0 Å². The number of carbonyl (C=O) groups is 2. The molecule has 1 N–H and O–H groups in total. The first kappa shape index (κ1) is 14.5. The molecule has 0 fully saturated rings. The molecule has 0 atom stereocenters. The number of hydrogen-bond donors (Lipinski definition) is 1. The summed E-state index contributed by atoms with van der Waals surface area (Å²) in [7, 11) is 2.86. The summed E-state index contributed by atoms with van der Waals surface area (Å²) in [6.45, 7) is 0.245. The van der Waals surface area contributed by atoms with Crippen LogP contribution >= 0.6 is 15.9 Å². The molecule has 0 unspecified atom stereocenters. The smallest absolute Gasteiger partial charge is 0.307 e. The molecule has 0 bridgehead atoms. The van der Waals surface area contributed by atoms with Crippen LogP contribution in [0.5, 0.6) is 5.75 Å². The molecule has 1 aromatic rings. The standard InChI is InChI=1S/C12H14BrNO4/c1-17-10-4-3-8(7-9(10)13)12(16)14-6-5-11(15)18-2/h3-4,7H,5-6H2,1-2H3,(H,14,16). The molecular formula is C12H14BrNO4. The summed E-state index contributed by atoms with van der Waals surface area (Å²) in [6.07, 6.45) is 0.152. The number of hydrogen-bond acceptors (Lipinski definition) is 4. The Morgan fingerprint density at radius 2 is 2.06 bits per heavy atom. The molecule has 0 aliphatic heterocycles. The predicted octanol–water partition coefficient (Wildman–Crippen LogP) is 1.75. The Hall–Kier alpha value is -1.56. The Balaban J connectivity index is 2.56. The molecule has 0 aromatic heterocycles. The van der Waals surface area contributed by atoms with Gasteiger partial charge in [0.05, 0.1) is 25.1 Å². The lowest BCUT2D eigenvalue weighted by atomic mass is 10.2. The average Bonchev–Trinajstić information content (AvgIpc) is 2.38. The van der Waals surface area contributed by atoms with Crippen molar-refractivity contribution in [1.29, 1.82) is 0 Å². The zero-order chi connectivity index (χ0) is 13.5. The lowest BCUT2D eigenvalue weighted by Crippen LogP contribution is -2.26. The van der Waals surface area contributed by atoms with Crippen LogP contribution in [0.4, 0.5) is 0 Å². The molecule has 1 amide bonds. The second-order valence-corrected chi connectivity index (χ2v) is 4.29. The minimum Gasteiger partial charge on any atom is -0.496 e. The van der Waals surface area contributed by atoms with E-state index in [1.54, 1.807) is 25.3 Å². The fourth-order valence-corrected chi connectivity index (χ4v) is 1.83. The summed E-state index contributed by atoms with van der Waals surface area (Å²) < 4.78 is 10.2. The van der Waals surface area contributed by atoms with Crippen LogP contribution in [0.25, 0.3) is 0 Å². The zero-order valence-electron chi connectivity index (χ0n) is 10.2. The number of benzene rings is 1. The fourth-order valence-electron chi connectivity index (χ4n) is 1.29. The number of carbonyl (C=O) groups excluding carboxylic acids is 2. The first-order valence-electron chi connectivity index (χ1n) is 5.27. The van der Waals surface area contributed by atoms with Crippen molar-refractivity contribution in [3.05, 3.63) is 28.2 Å². The molecule has 0 spiro atoms. The maximum Gasteiger partial charge on any atom is 0.307 e. The summed E-state index contributed by atoms with van der Waals surface area (Å²) in [4.78, 5) is 22.6. The van der Waals surface area contributed by atoms with Gasteiger partial charge in [0, 0.05) is 12.1 Å². The van der Waals surface area contributed by atoms with Crippen molar-refractivity contribution in [2.24, 2.45) is 0 Å². The van der Waals surface area contributed by atoms with Gasteiger partial charge in [0.2, 0.25) is 0 Å². The van der Waals surface area contributed by atoms with Crippen LogP contribution < -0.4 is 10.1 Å². The van der Waals surface area contributed by atoms with Crippen LogP contribution in [0.1, 0.15) is 16.8 Å².